The summed E-state index contributed by atoms with van der Waals surface area (Å²) >= 11 is 17.5. The van der Waals surface area contributed by atoms with Gasteiger partial charge >= 0.3 is 0 Å². The molecule has 2 saturated heterocycles. The quantitative estimate of drug-likeness (QED) is 0.768. The van der Waals surface area contributed by atoms with Gasteiger partial charge in [-0.1, -0.05) is 23.2 Å². The van der Waals surface area contributed by atoms with Gasteiger partial charge in [0.25, 0.3) is 0 Å². The van der Waals surface area contributed by atoms with E-state index in [-0.39, 0.29) is 0 Å². The number of likely N-dealkylation sites (tertiary alicyclic amines) is 1. The number of nitrogens with zero attached hydrogens (tertiary/aromatic N) is 1. The van der Waals surface area contributed by atoms with Crippen molar-refractivity contribution >= 4 is 46.2 Å². The zero-order valence-electron chi connectivity index (χ0n) is 13.6. The van der Waals surface area contributed by atoms with Gasteiger partial charge in [-0.2, -0.15) is 0 Å². The van der Waals surface area contributed by atoms with Crippen LogP contribution in [0.2, 0.25) is 10.0 Å². The van der Waals surface area contributed by atoms with Crippen LogP contribution in [-0.2, 0) is 4.74 Å². The van der Waals surface area contributed by atoms with E-state index in [4.69, 9.17) is 40.2 Å². The molecule has 0 unspecified atom stereocenters. The molecule has 2 fully saturated rings. The van der Waals surface area contributed by atoms with Crippen LogP contribution in [0.15, 0.2) is 18.2 Å². The first-order chi connectivity index (χ1) is 11.6. The molecule has 3 rings (SSSR count). The van der Waals surface area contributed by atoms with E-state index in [1.165, 1.54) is 0 Å². The summed E-state index contributed by atoms with van der Waals surface area (Å²) in [5.41, 5.74) is 0.776. The van der Waals surface area contributed by atoms with E-state index < -0.39 is 0 Å². The standard InChI is InChI=1S/C17H23Cl2N3OS/c18-12-1-2-16(15(19)11-12)21-17(24)20-13-3-7-22(8-4-13)14-5-9-23-10-6-14/h1-2,11,13-14H,3-10H2,(H2,20,21,24). The van der Waals surface area contributed by atoms with Crippen molar-refractivity contribution in [3.05, 3.63) is 28.2 Å². The van der Waals surface area contributed by atoms with Gasteiger partial charge in [0, 0.05) is 43.4 Å². The molecule has 2 N–H and O–H groups in total. The fourth-order valence-corrected chi connectivity index (χ4v) is 4.13. The van der Waals surface area contributed by atoms with Gasteiger partial charge in [-0.15, -0.1) is 0 Å². The summed E-state index contributed by atoms with van der Waals surface area (Å²) in [6.45, 7) is 4.04. The number of hydrogen-bond acceptors (Lipinski definition) is 3. The van der Waals surface area contributed by atoms with Crippen LogP contribution in [0.3, 0.4) is 0 Å². The molecule has 2 heterocycles. The van der Waals surface area contributed by atoms with Crippen molar-refractivity contribution < 1.29 is 4.74 Å². The molecule has 4 nitrogen and oxygen atoms in total. The molecule has 1 aromatic rings. The first-order valence-corrected chi connectivity index (χ1v) is 9.62. The molecule has 0 radical (unpaired) electrons. The number of thiocarbonyl (C=S) groups is 1. The van der Waals surface area contributed by atoms with Crippen molar-refractivity contribution in [1.29, 1.82) is 0 Å². The average Bonchev–Trinajstić information content (AvgIpc) is 2.59. The van der Waals surface area contributed by atoms with Gasteiger partial charge in [0.15, 0.2) is 5.11 Å². The molecule has 2 aliphatic rings. The van der Waals surface area contributed by atoms with E-state index in [2.05, 4.69) is 15.5 Å². The van der Waals surface area contributed by atoms with Crippen molar-refractivity contribution in [2.24, 2.45) is 0 Å². The second-order valence-electron chi connectivity index (χ2n) is 6.38. The first-order valence-electron chi connectivity index (χ1n) is 8.46. The first kappa shape index (κ1) is 18.2. The third kappa shape index (κ3) is 4.96. The Morgan fingerprint density at radius 2 is 1.83 bits per heavy atom. The summed E-state index contributed by atoms with van der Waals surface area (Å²) in [5.74, 6) is 0. The van der Waals surface area contributed by atoms with Gasteiger partial charge in [-0.05, 0) is 56.1 Å². The van der Waals surface area contributed by atoms with Crippen LogP contribution in [0.1, 0.15) is 25.7 Å². The molecule has 0 spiro atoms. The van der Waals surface area contributed by atoms with E-state index in [1.807, 2.05) is 6.07 Å². The van der Waals surface area contributed by atoms with Gasteiger partial charge in [-0.25, -0.2) is 0 Å². The number of rotatable bonds is 3. The molecule has 24 heavy (non-hydrogen) atoms. The van der Waals surface area contributed by atoms with Crippen molar-refractivity contribution in [3.63, 3.8) is 0 Å². The SMILES string of the molecule is S=C(Nc1ccc(Cl)cc1Cl)NC1CCN(C2CCOCC2)CC1. The predicted octanol–water partition coefficient (Wildman–Crippen LogP) is 3.92. The van der Waals surface area contributed by atoms with Gasteiger partial charge in [0.2, 0.25) is 0 Å². The summed E-state index contributed by atoms with van der Waals surface area (Å²) < 4.78 is 5.45. The monoisotopic (exact) mass is 387 g/mol. The van der Waals surface area contributed by atoms with E-state index in [1.54, 1.807) is 12.1 Å². The zero-order chi connectivity index (χ0) is 16.9. The maximum Gasteiger partial charge on any atom is 0.171 e. The third-order valence-electron chi connectivity index (χ3n) is 4.75. The number of piperidine rings is 1. The maximum absolute atomic E-state index is 6.17. The number of hydrogen-bond donors (Lipinski definition) is 2. The highest BCUT2D eigenvalue weighted by atomic mass is 35.5. The fraction of sp³-hybridized carbons (Fsp3) is 0.588. The summed E-state index contributed by atoms with van der Waals surface area (Å²) in [7, 11) is 0. The highest BCUT2D eigenvalue weighted by Crippen LogP contribution is 2.25. The molecular formula is C17H23Cl2N3OS. The van der Waals surface area contributed by atoms with Crippen LogP contribution in [-0.4, -0.2) is 48.4 Å². The second kappa shape index (κ2) is 8.68. The molecule has 1 aromatic carbocycles. The van der Waals surface area contributed by atoms with Gasteiger partial charge in [-0.3, -0.25) is 0 Å². The van der Waals surface area contributed by atoms with E-state index in [0.29, 0.717) is 27.2 Å². The summed E-state index contributed by atoms with van der Waals surface area (Å²) in [5, 5.41) is 8.37. The van der Waals surface area contributed by atoms with Crippen LogP contribution >= 0.6 is 35.4 Å². The van der Waals surface area contributed by atoms with Gasteiger partial charge in [0.05, 0.1) is 10.7 Å². The lowest BCUT2D eigenvalue weighted by Crippen LogP contribution is -2.49. The molecule has 7 heteroatoms. The molecular weight excluding hydrogens is 365 g/mol. The largest absolute Gasteiger partial charge is 0.381 e. The molecule has 0 saturated carbocycles. The summed E-state index contributed by atoms with van der Waals surface area (Å²) in [4.78, 5) is 2.60. The number of benzene rings is 1. The van der Waals surface area contributed by atoms with E-state index >= 15 is 0 Å². The normalized spacial score (nSPS) is 20.8. The lowest BCUT2D eigenvalue weighted by molar-refractivity contribution is 0.0247. The van der Waals surface area contributed by atoms with Crippen molar-refractivity contribution in [2.75, 3.05) is 31.6 Å². The topological polar surface area (TPSA) is 36.5 Å². The Morgan fingerprint density at radius 1 is 1.12 bits per heavy atom. The highest BCUT2D eigenvalue weighted by molar-refractivity contribution is 7.80. The predicted molar refractivity (Wildman–Crippen MR) is 104 cm³/mol. The maximum atomic E-state index is 6.17. The van der Waals surface area contributed by atoms with Crippen LogP contribution in [0.5, 0.6) is 0 Å². The number of anilines is 1. The zero-order valence-corrected chi connectivity index (χ0v) is 15.9. The van der Waals surface area contributed by atoms with Crippen LogP contribution in [0.4, 0.5) is 5.69 Å². The number of ether oxygens (including phenoxy) is 1. The Kier molecular flexibility index (Phi) is 6.58. The Bertz CT molecular complexity index is 573. The molecule has 2 aliphatic heterocycles. The van der Waals surface area contributed by atoms with Crippen molar-refractivity contribution in [1.82, 2.24) is 10.2 Å². The lowest BCUT2D eigenvalue weighted by atomic mass is 10.00. The Labute approximate surface area is 158 Å². The van der Waals surface area contributed by atoms with Crippen LogP contribution < -0.4 is 10.6 Å². The second-order valence-corrected chi connectivity index (χ2v) is 7.63. The minimum atomic E-state index is 0.409. The Morgan fingerprint density at radius 3 is 2.50 bits per heavy atom. The summed E-state index contributed by atoms with van der Waals surface area (Å²) in [6, 6.07) is 6.45. The van der Waals surface area contributed by atoms with Gasteiger partial charge < -0.3 is 20.3 Å². The number of halogens is 2. The highest BCUT2D eigenvalue weighted by Gasteiger charge is 2.26. The van der Waals surface area contributed by atoms with E-state index in [9.17, 15) is 0 Å². The van der Waals surface area contributed by atoms with Crippen LogP contribution in [0, 0.1) is 0 Å². The lowest BCUT2D eigenvalue weighted by Gasteiger charge is -2.39. The molecule has 0 atom stereocenters. The molecule has 0 bridgehead atoms. The smallest absolute Gasteiger partial charge is 0.171 e. The van der Waals surface area contributed by atoms with Crippen LogP contribution in [0.25, 0.3) is 0 Å². The molecule has 0 amide bonds. The molecule has 132 valence electrons. The number of nitrogens with one attached hydrogen (secondary N) is 2. The Hall–Kier alpha value is -0.590. The molecule has 0 aliphatic carbocycles. The third-order valence-corrected chi connectivity index (χ3v) is 5.52. The van der Waals surface area contributed by atoms with Crippen molar-refractivity contribution in [3.8, 4) is 0 Å². The minimum Gasteiger partial charge on any atom is -0.381 e. The van der Waals surface area contributed by atoms with E-state index in [0.717, 1.165) is 57.7 Å². The van der Waals surface area contributed by atoms with Crippen molar-refractivity contribution in [2.45, 2.75) is 37.8 Å². The summed E-state index contributed by atoms with van der Waals surface area (Å²) in [6.07, 6.45) is 4.53. The fourth-order valence-electron chi connectivity index (χ4n) is 3.39. The average molecular weight is 388 g/mol. The minimum absolute atomic E-state index is 0.409. The van der Waals surface area contributed by atoms with Gasteiger partial charge in [0.1, 0.15) is 0 Å². The molecule has 0 aromatic heterocycles. The Balaban J connectivity index is 1.44.